The Hall–Kier alpha value is -1.38. The molecule has 0 aliphatic heterocycles. The van der Waals surface area contributed by atoms with Crippen molar-refractivity contribution in [2.24, 2.45) is 12.1 Å². The molecule has 22 heavy (non-hydrogen) atoms. The van der Waals surface area contributed by atoms with Crippen molar-refractivity contribution in [2.45, 2.75) is 0 Å². The van der Waals surface area contributed by atoms with Crippen LogP contribution in [0.4, 0.5) is 0 Å². The quantitative estimate of drug-likeness (QED) is 0.280. The molecule has 1 heterocycles. The Morgan fingerprint density at radius 3 is 2.59 bits per heavy atom. The van der Waals surface area contributed by atoms with E-state index in [4.69, 9.17) is 23.2 Å². The molecule has 2 N–H and O–H groups in total. The molecule has 8 heteroatoms. The summed E-state index contributed by atoms with van der Waals surface area (Å²) in [5, 5.41) is 14.0. The molecule has 0 fully saturated rings. The summed E-state index contributed by atoms with van der Waals surface area (Å²) >= 11 is 11.6. The normalized spacial score (nSPS) is 10.3. The van der Waals surface area contributed by atoms with Gasteiger partial charge in [0.25, 0.3) is 5.91 Å². The first-order valence-electron chi connectivity index (χ1n) is 5.94. The van der Waals surface area contributed by atoms with Gasteiger partial charge in [0.2, 0.25) is 0 Å². The van der Waals surface area contributed by atoms with Gasteiger partial charge in [-0.25, -0.2) is 9.99 Å². The fourth-order valence-electron chi connectivity index (χ4n) is 1.56. The number of benzene rings is 1. The number of hydrogen-bond acceptors (Lipinski definition) is 3. The van der Waals surface area contributed by atoms with Crippen molar-refractivity contribution < 1.29 is 38.4 Å². The third kappa shape index (κ3) is 4.82. The summed E-state index contributed by atoms with van der Waals surface area (Å²) in [6.45, 7) is 0. The number of aromatic hydroxyl groups is 1. The van der Waals surface area contributed by atoms with Gasteiger partial charge in [0, 0.05) is 22.7 Å². The lowest BCUT2D eigenvalue weighted by Gasteiger charge is -2.02. The van der Waals surface area contributed by atoms with Gasteiger partial charge in [-0.3, -0.25) is 4.79 Å². The van der Waals surface area contributed by atoms with Gasteiger partial charge < -0.3 is 29.1 Å². The van der Waals surface area contributed by atoms with Crippen LogP contribution in [0.5, 0.6) is 5.75 Å². The number of nitrogens with zero attached hydrogens (tertiary/aromatic N) is 2. The number of aromatic nitrogens is 1. The van der Waals surface area contributed by atoms with Crippen LogP contribution in [-0.2, 0) is 7.05 Å². The number of rotatable bonds is 3. The number of aryl methyl sites for hydroxylation is 1. The molecule has 0 saturated heterocycles. The monoisotopic (exact) mass is 451 g/mol. The molecule has 2 rings (SSSR count). The summed E-state index contributed by atoms with van der Waals surface area (Å²) in [4.78, 5) is 11.8. The van der Waals surface area contributed by atoms with Gasteiger partial charge in [-0.2, -0.15) is 5.10 Å². The fraction of sp³-hybridized carbons (Fsp3) is 0.0714. The van der Waals surface area contributed by atoms with Crippen LogP contribution in [0.2, 0.25) is 10.0 Å². The molecule has 0 spiro atoms. The minimum Gasteiger partial charge on any atom is -1.00 e. The van der Waals surface area contributed by atoms with Crippen molar-refractivity contribution >= 4 is 35.3 Å². The summed E-state index contributed by atoms with van der Waals surface area (Å²) in [5.41, 5.74) is 3.14. The second-order valence-corrected chi connectivity index (χ2v) is 5.12. The fourth-order valence-corrected chi connectivity index (χ4v) is 2.07. The summed E-state index contributed by atoms with van der Waals surface area (Å²) in [6.07, 6.45) is 4.77. The maximum atomic E-state index is 11.8. The number of amides is 1. The highest BCUT2D eigenvalue weighted by Crippen LogP contribution is 2.29. The topological polar surface area (TPSA) is 65.6 Å². The second-order valence-electron chi connectivity index (χ2n) is 4.28. The predicted octanol–water partition coefficient (Wildman–Crippen LogP) is -0.709. The molecular weight excluding hydrogens is 440 g/mol. The first kappa shape index (κ1) is 18.7. The third-order valence-corrected chi connectivity index (χ3v) is 3.17. The number of carbonyl (C=O) groups is 1. The predicted molar refractivity (Wildman–Crippen MR) is 80.8 cm³/mol. The molecule has 0 saturated carbocycles. The van der Waals surface area contributed by atoms with Gasteiger partial charge in [-0.05, 0) is 12.1 Å². The molecule has 5 nitrogen and oxygen atoms in total. The van der Waals surface area contributed by atoms with Crippen LogP contribution in [0.25, 0.3) is 0 Å². The van der Waals surface area contributed by atoms with Crippen molar-refractivity contribution in [2.75, 3.05) is 0 Å². The van der Waals surface area contributed by atoms with Gasteiger partial charge in [-0.1, -0.05) is 23.2 Å². The molecule has 1 amide bonds. The average molecular weight is 452 g/mol. The van der Waals surface area contributed by atoms with E-state index in [0.29, 0.717) is 16.1 Å². The molecule has 2 aromatic rings. The highest BCUT2D eigenvalue weighted by molar-refractivity contribution is 6.36. The summed E-state index contributed by atoms with van der Waals surface area (Å²) in [5.74, 6) is -0.509. The van der Waals surface area contributed by atoms with E-state index in [1.807, 2.05) is 11.6 Å². The highest BCUT2D eigenvalue weighted by Gasteiger charge is 2.07. The Morgan fingerprint density at radius 2 is 1.95 bits per heavy atom. The average Bonchev–Trinajstić information content (AvgIpc) is 2.44. The maximum absolute atomic E-state index is 11.8. The number of hydrogen-bond donors (Lipinski definition) is 2. The summed E-state index contributed by atoms with van der Waals surface area (Å²) in [7, 11) is 1.85. The lowest BCUT2D eigenvalue weighted by atomic mass is 10.2. The van der Waals surface area contributed by atoms with E-state index in [0.717, 1.165) is 0 Å². The number of phenolic OH excluding ortho intramolecular Hbond substituents is 1. The molecule has 0 atom stereocenters. The number of halogens is 3. The van der Waals surface area contributed by atoms with E-state index in [-0.39, 0.29) is 40.7 Å². The Balaban J connectivity index is 0.00000242. The number of nitrogens with one attached hydrogen (secondary N) is 1. The minimum absolute atomic E-state index is 0. The summed E-state index contributed by atoms with van der Waals surface area (Å²) in [6, 6.07) is 6.23. The van der Waals surface area contributed by atoms with Gasteiger partial charge in [0.1, 0.15) is 12.8 Å². The zero-order valence-corrected chi connectivity index (χ0v) is 15.1. The van der Waals surface area contributed by atoms with Gasteiger partial charge >= 0.3 is 0 Å². The SMILES string of the molecule is C[n+]1ccc(C(=O)N/N=C/c2cc(Cl)cc(Cl)c2O)cc1.[I-]. The van der Waals surface area contributed by atoms with Crippen LogP contribution in [0.15, 0.2) is 41.8 Å². The van der Waals surface area contributed by atoms with E-state index < -0.39 is 0 Å². The molecule has 116 valence electrons. The van der Waals surface area contributed by atoms with Crippen LogP contribution in [-0.4, -0.2) is 17.2 Å². The van der Waals surface area contributed by atoms with Crippen LogP contribution >= 0.6 is 23.2 Å². The van der Waals surface area contributed by atoms with Crippen molar-refractivity contribution in [3.05, 3.63) is 57.8 Å². The molecule has 0 bridgehead atoms. The molecule has 0 aliphatic rings. The smallest absolute Gasteiger partial charge is 0.271 e. The van der Waals surface area contributed by atoms with Gasteiger partial charge in [0.05, 0.1) is 16.8 Å². The number of phenols is 1. The molecule has 1 aromatic heterocycles. The van der Waals surface area contributed by atoms with Crippen LogP contribution in [0.1, 0.15) is 15.9 Å². The van der Waals surface area contributed by atoms with E-state index in [1.54, 1.807) is 24.5 Å². The third-order valence-electron chi connectivity index (χ3n) is 2.67. The Morgan fingerprint density at radius 1 is 1.32 bits per heavy atom. The molecule has 0 aliphatic carbocycles. The van der Waals surface area contributed by atoms with E-state index in [9.17, 15) is 9.90 Å². The van der Waals surface area contributed by atoms with Crippen molar-refractivity contribution in [3.8, 4) is 5.75 Å². The van der Waals surface area contributed by atoms with Gasteiger partial charge in [-0.15, -0.1) is 0 Å². The first-order valence-corrected chi connectivity index (χ1v) is 6.69. The molecule has 0 radical (unpaired) electrons. The minimum atomic E-state index is -0.362. The lowest BCUT2D eigenvalue weighted by Crippen LogP contribution is -3.00. The molecule has 1 aromatic carbocycles. The highest BCUT2D eigenvalue weighted by atomic mass is 127. The van der Waals surface area contributed by atoms with Crippen molar-refractivity contribution in [1.82, 2.24) is 5.43 Å². The number of carbonyl (C=O) groups excluding carboxylic acids is 1. The maximum Gasteiger partial charge on any atom is 0.271 e. The van der Waals surface area contributed by atoms with Crippen molar-refractivity contribution in [1.29, 1.82) is 0 Å². The number of hydrazone groups is 1. The van der Waals surface area contributed by atoms with Crippen LogP contribution < -0.4 is 34.0 Å². The van der Waals surface area contributed by atoms with Gasteiger partial charge in [0.15, 0.2) is 12.4 Å². The van der Waals surface area contributed by atoms with E-state index >= 15 is 0 Å². The van der Waals surface area contributed by atoms with Crippen LogP contribution in [0.3, 0.4) is 0 Å². The standard InChI is InChI=1S/C14H11Cl2N3O2.HI/c1-19-4-2-9(3-5-19)14(21)18-17-8-10-6-11(15)7-12(16)13(10)20;/h2-8,21H,1H3;1H. The Labute approximate surface area is 154 Å². The Kier molecular flexibility index (Phi) is 7.05. The lowest BCUT2D eigenvalue weighted by molar-refractivity contribution is -0.671. The largest absolute Gasteiger partial charge is 1.00 e. The number of pyridine rings is 1. The molecule has 0 unspecified atom stereocenters. The second kappa shape index (κ2) is 8.30. The van der Waals surface area contributed by atoms with Crippen molar-refractivity contribution in [3.63, 3.8) is 0 Å². The van der Waals surface area contributed by atoms with E-state index in [2.05, 4.69) is 10.5 Å². The Bertz CT molecular complexity index is 706. The zero-order chi connectivity index (χ0) is 15.4. The molecular formula is C14H12Cl2IN3O2. The van der Waals surface area contributed by atoms with E-state index in [1.165, 1.54) is 18.3 Å². The zero-order valence-electron chi connectivity index (χ0n) is 11.4. The first-order chi connectivity index (χ1) is 9.97. The van der Waals surface area contributed by atoms with Crippen LogP contribution in [0, 0.1) is 0 Å². The summed E-state index contributed by atoms with van der Waals surface area (Å²) < 4.78 is 1.81.